The monoisotopic (exact) mass is 211 g/mol. The van der Waals surface area contributed by atoms with Crippen molar-refractivity contribution in [2.24, 2.45) is 5.92 Å². The van der Waals surface area contributed by atoms with Crippen molar-refractivity contribution in [2.45, 2.75) is 53.1 Å². The average Bonchev–Trinajstić information content (AvgIpc) is 2.61. The molecule has 0 aromatic carbocycles. The molecule has 0 fully saturated rings. The van der Waals surface area contributed by atoms with Gasteiger partial charge in [0.15, 0.2) is 5.82 Å². The number of nitrogens with one attached hydrogen (secondary N) is 1. The van der Waals surface area contributed by atoms with Gasteiger partial charge in [-0.3, -0.25) is 0 Å². The first-order chi connectivity index (χ1) is 7.00. The van der Waals surface area contributed by atoms with Crippen LogP contribution in [0.5, 0.6) is 0 Å². The second-order valence-corrected chi connectivity index (χ2v) is 4.62. The number of hydrogen-bond donors (Lipinski definition) is 1. The molecule has 0 saturated carbocycles. The van der Waals surface area contributed by atoms with E-state index in [9.17, 15) is 0 Å². The summed E-state index contributed by atoms with van der Waals surface area (Å²) >= 11 is 0. The molecule has 0 radical (unpaired) electrons. The molecule has 1 atom stereocenters. The Morgan fingerprint density at radius 1 is 1.20 bits per heavy atom. The number of hydrogen-bond acceptors (Lipinski definition) is 4. The molecule has 1 unspecified atom stereocenters. The topological polar surface area (TPSA) is 51.0 Å². The van der Waals surface area contributed by atoms with Crippen LogP contribution in [0.4, 0.5) is 0 Å². The fourth-order valence-corrected chi connectivity index (χ4v) is 1.10. The van der Waals surface area contributed by atoms with E-state index in [1.54, 1.807) is 0 Å². The summed E-state index contributed by atoms with van der Waals surface area (Å²) in [4.78, 5) is 4.36. The van der Waals surface area contributed by atoms with E-state index < -0.39 is 0 Å². The van der Waals surface area contributed by atoms with E-state index in [1.807, 2.05) is 0 Å². The summed E-state index contributed by atoms with van der Waals surface area (Å²) in [5, 5.41) is 7.20. The molecule has 1 N–H and O–H groups in total. The predicted molar refractivity (Wildman–Crippen MR) is 59.5 cm³/mol. The van der Waals surface area contributed by atoms with E-state index in [2.05, 4.69) is 50.1 Å². The SMILES string of the molecule is CC(C)NCc1noc(C(C)C(C)C)n1. The van der Waals surface area contributed by atoms with Gasteiger partial charge in [0.2, 0.25) is 5.89 Å². The zero-order chi connectivity index (χ0) is 11.4. The third kappa shape index (κ3) is 3.63. The average molecular weight is 211 g/mol. The van der Waals surface area contributed by atoms with Gasteiger partial charge in [0.05, 0.1) is 6.54 Å². The van der Waals surface area contributed by atoms with Crippen LogP contribution in [-0.4, -0.2) is 16.2 Å². The molecule has 4 nitrogen and oxygen atoms in total. The van der Waals surface area contributed by atoms with Crippen LogP contribution in [0, 0.1) is 5.92 Å². The molecule has 4 heteroatoms. The van der Waals surface area contributed by atoms with Crippen molar-refractivity contribution in [1.82, 2.24) is 15.5 Å². The first kappa shape index (κ1) is 12.2. The Labute approximate surface area is 91.5 Å². The highest BCUT2D eigenvalue weighted by molar-refractivity contribution is 4.93. The lowest BCUT2D eigenvalue weighted by Crippen LogP contribution is -2.22. The second kappa shape index (κ2) is 5.26. The third-order valence-corrected chi connectivity index (χ3v) is 2.54. The van der Waals surface area contributed by atoms with Crippen LogP contribution >= 0.6 is 0 Å². The minimum absolute atomic E-state index is 0.324. The van der Waals surface area contributed by atoms with Crippen molar-refractivity contribution >= 4 is 0 Å². The summed E-state index contributed by atoms with van der Waals surface area (Å²) in [5.74, 6) is 2.33. The van der Waals surface area contributed by atoms with Gasteiger partial charge in [-0.1, -0.05) is 39.8 Å². The van der Waals surface area contributed by atoms with Gasteiger partial charge >= 0.3 is 0 Å². The van der Waals surface area contributed by atoms with Crippen LogP contribution in [0.2, 0.25) is 0 Å². The molecule has 15 heavy (non-hydrogen) atoms. The van der Waals surface area contributed by atoms with E-state index in [0.29, 0.717) is 24.4 Å². The maximum Gasteiger partial charge on any atom is 0.229 e. The first-order valence-corrected chi connectivity index (χ1v) is 5.56. The van der Waals surface area contributed by atoms with Crippen LogP contribution in [0.25, 0.3) is 0 Å². The quantitative estimate of drug-likeness (QED) is 0.812. The summed E-state index contributed by atoms with van der Waals surface area (Å²) in [7, 11) is 0. The van der Waals surface area contributed by atoms with Gasteiger partial charge in [-0.05, 0) is 5.92 Å². The number of rotatable bonds is 5. The van der Waals surface area contributed by atoms with Crippen molar-refractivity contribution in [2.75, 3.05) is 0 Å². The van der Waals surface area contributed by atoms with E-state index in [1.165, 1.54) is 0 Å². The van der Waals surface area contributed by atoms with Crippen molar-refractivity contribution in [1.29, 1.82) is 0 Å². The summed E-state index contributed by atoms with van der Waals surface area (Å²) < 4.78 is 5.22. The highest BCUT2D eigenvalue weighted by atomic mass is 16.5. The largest absolute Gasteiger partial charge is 0.339 e. The van der Waals surface area contributed by atoms with Gasteiger partial charge < -0.3 is 9.84 Å². The van der Waals surface area contributed by atoms with Crippen LogP contribution in [0.1, 0.15) is 52.3 Å². The summed E-state index contributed by atoms with van der Waals surface area (Å²) in [6, 6.07) is 0.439. The zero-order valence-electron chi connectivity index (χ0n) is 10.2. The molecule has 1 aromatic heterocycles. The predicted octanol–water partition coefficient (Wildman–Crippen LogP) is 2.33. The molecule has 0 spiro atoms. The Morgan fingerprint density at radius 3 is 2.40 bits per heavy atom. The Kier molecular flexibility index (Phi) is 4.27. The van der Waals surface area contributed by atoms with Crippen molar-refractivity contribution in [3.05, 3.63) is 11.7 Å². The standard InChI is InChI=1S/C11H21N3O/c1-7(2)9(5)11-13-10(14-15-11)6-12-8(3)4/h7-9,12H,6H2,1-5H3. The van der Waals surface area contributed by atoms with Crippen molar-refractivity contribution in [3.8, 4) is 0 Å². The highest BCUT2D eigenvalue weighted by Crippen LogP contribution is 2.21. The molecule has 0 aliphatic heterocycles. The van der Waals surface area contributed by atoms with Crippen molar-refractivity contribution in [3.63, 3.8) is 0 Å². The van der Waals surface area contributed by atoms with Crippen molar-refractivity contribution < 1.29 is 4.52 Å². The van der Waals surface area contributed by atoms with E-state index in [0.717, 1.165) is 11.7 Å². The Hall–Kier alpha value is -0.900. The molecule has 0 bridgehead atoms. The van der Waals surface area contributed by atoms with Gasteiger partial charge in [0.1, 0.15) is 0 Å². The molecule has 0 amide bonds. The molecule has 1 heterocycles. The molecule has 0 saturated heterocycles. The Balaban J connectivity index is 2.56. The molecule has 86 valence electrons. The third-order valence-electron chi connectivity index (χ3n) is 2.54. The lowest BCUT2D eigenvalue weighted by Gasteiger charge is -2.09. The van der Waals surface area contributed by atoms with Gasteiger partial charge in [0, 0.05) is 12.0 Å². The van der Waals surface area contributed by atoms with Crippen LogP contribution in [-0.2, 0) is 6.54 Å². The molecule has 1 aromatic rings. The van der Waals surface area contributed by atoms with Gasteiger partial charge in [-0.25, -0.2) is 0 Å². The van der Waals surface area contributed by atoms with E-state index in [4.69, 9.17) is 4.52 Å². The number of aromatic nitrogens is 2. The maximum absolute atomic E-state index is 5.22. The first-order valence-electron chi connectivity index (χ1n) is 5.56. The summed E-state index contributed by atoms with van der Waals surface area (Å²) in [5.41, 5.74) is 0. The van der Waals surface area contributed by atoms with Gasteiger partial charge in [0.25, 0.3) is 0 Å². The maximum atomic E-state index is 5.22. The normalized spacial score (nSPS) is 13.8. The fourth-order valence-electron chi connectivity index (χ4n) is 1.10. The molecule has 1 rings (SSSR count). The van der Waals surface area contributed by atoms with E-state index >= 15 is 0 Å². The minimum Gasteiger partial charge on any atom is -0.339 e. The van der Waals surface area contributed by atoms with Gasteiger partial charge in [-0.2, -0.15) is 4.98 Å². The molecule has 0 aliphatic carbocycles. The summed E-state index contributed by atoms with van der Waals surface area (Å²) in [6.07, 6.45) is 0. The van der Waals surface area contributed by atoms with Gasteiger partial charge in [-0.15, -0.1) is 0 Å². The Morgan fingerprint density at radius 2 is 1.87 bits per heavy atom. The highest BCUT2D eigenvalue weighted by Gasteiger charge is 2.17. The molecular weight excluding hydrogens is 190 g/mol. The number of nitrogens with zero attached hydrogens (tertiary/aromatic N) is 2. The van der Waals surface area contributed by atoms with Crippen LogP contribution in [0.3, 0.4) is 0 Å². The van der Waals surface area contributed by atoms with Crippen LogP contribution in [0.15, 0.2) is 4.52 Å². The van der Waals surface area contributed by atoms with E-state index in [-0.39, 0.29) is 0 Å². The van der Waals surface area contributed by atoms with Crippen LogP contribution < -0.4 is 5.32 Å². The lowest BCUT2D eigenvalue weighted by atomic mass is 9.98. The molecule has 0 aliphatic rings. The zero-order valence-corrected chi connectivity index (χ0v) is 10.2. The Bertz CT molecular complexity index is 294. The lowest BCUT2D eigenvalue weighted by molar-refractivity contribution is 0.328. The smallest absolute Gasteiger partial charge is 0.229 e. The molecular formula is C11H21N3O. The summed E-state index contributed by atoms with van der Waals surface area (Å²) in [6.45, 7) is 11.3. The fraction of sp³-hybridized carbons (Fsp3) is 0.818. The second-order valence-electron chi connectivity index (χ2n) is 4.62. The minimum atomic E-state index is 0.324.